The standard InChI is InChI=1S/C20H19ClN4O4S2/c1-9(26)10-8-31-18(22-10)15-13-14(23(2)20(28)24(3)19(13)27)16-17(30-7-6-25(15)16)11-4-5-12(21)29-11/h4-5,8-9,17,26H,6-7H2,1-3H3. The molecule has 0 radical (unpaired) electrons. The number of furan rings is 1. The Morgan fingerprint density at radius 1 is 1.29 bits per heavy atom. The van der Waals surface area contributed by atoms with Gasteiger partial charge in [-0.05, 0) is 30.7 Å². The Kier molecular flexibility index (Phi) is 4.93. The molecule has 0 aliphatic carbocycles. The van der Waals surface area contributed by atoms with Gasteiger partial charge in [-0.15, -0.1) is 23.1 Å². The zero-order valence-electron chi connectivity index (χ0n) is 17.0. The van der Waals surface area contributed by atoms with E-state index in [0.717, 1.165) is 16.0 Å². The molecule has 162 valence electrons. The van der Waals surface area contributed by atoms with Gasteiger partial charge in [0.1, 0.15) is 16.0 Å². The molecule has 2 atom stereocenters. The minimum atomic E-state index is -0.715. The summed E-state index contributed by atoms with van der Waals surface area (Å²) in [5, 5.41) is 12.9. The van der Waals surface area contributed by atoms with E-state index in [0.29, 0.717) is 39.6 Å². The highest BCUT2D eigenvalue weighted by molar-refractivity contribution is 7.99. The van der Waals surface area contributed by atoms with Crippen molar-refractivity contribution in [2.24, 2.45) is 14.1 Å². The van der Waals surface area contributed by atoms with Gasteiger partial charge in [0.25, 0.3) is 5.56 Å². The van der Waals surface area contributed by atoms with Gasteiger partial charge in [0.05, 0.1) is 34.1 Å². The van der Waals surface area contributed by atoms with E-state index in [1.54, 1.807) is 37.2 Å². The fourth-order valence-electron chi connectivity index (χ4n) is 4.07. The zero-order chi connectivity index (χ0) is 22.0. The lowest BCUT2D eigenvalue weighted by Gasteiger charge is -2.24. The molecule has 1 N–H and O–H groups in total. The van der Waals surface area contributed by atoms with E-state index in [1.807, 2.05) is 6.07 Å². The van der Waals surface area contributed by atoms with Crippen LogP contribution < -0.4 is 11.2 Å². The number of halogens is 1. The van der Waals surface area contributed by atoms with Crippen molar-refractivity contribution in [1.29, 1.82) is 0 Å². The molecule has 0 amide bonds. The molecule has 11 heteroatoms. The number of fused-ring (bicyclic) bond motifs is 3. The number of rotatable bonds is 3. The highest BCUT2D eigenvalue weighted by atomic mass is 35.5. The predicted molar refractivity (Wildman–Crippen MR) is 122 cm³/mol. The smallest absolute Gasteiger partial charge is 0.331 e. The second kappa shape index (κ2) is 7.40. The molecule has 4 aromatic heterocycles. The van der Waals surface area contributed by atoms with E-state index in [9.17, 15) is 14.7 Å². The average molecular weight is 479 g/mol. The largest absolute Gasteiger partial charge is 0.448 e. The number of aryl methyl sites for hydroxylation is 1. The molecule has 4 aromatic rings. The van der Waals surface area contributed by atoms with Crippen LogP contribution in [0.1, 0.15) is 35.4 Å². The van der Waals surface area contributed by atoms with Crippen molar-refractivity contribution >= 4 is 45.6 Å². The Bertz CT molecular complexity index is 1440. The van der Waals surface area contributed by atoms with Crippen LogP contribution in [0, 0.1) is 0 Å². The van der Waals surface area contributed by atoms with Crippen LogP contribution in [0.5, 0.6) is 0 Å². The van der Waals surface area contributed by atoms with Gasteiger partial charge in [-0.3, -0.25) is 13.9 Å². The molecular formula is C20H19ClN4O4S2. The van der Waals surface area contributed by atoms with E-state index in [4.69, 9.17) is 16.0 Å². The van der Waals surface area contributed by atoms with Crippen LogP contribution in [0.25, 0.3) is 21.6 Å². The molecule has 0 saturated heterocycles. The van der Waals surface area contributed by atoms with Crippen molar-refractivity contribution in [3.63, 3.8) is 0 Å². The number of hydrogen-bond acceptors (Lipinski definition) is 7. The second-order valence-electron chi connectivity index (χ2n) is 7.46. The normalized spacial score (nSPS) is 17.3. The SMILES string of the molecule is CC(O)c1csc(-c2c3c(=O)n(C)c(=O)n(C)c3c3n2CCSC3c2ccc(Cl)o2)n1. The van der Waals surface area contributed by atoms with Crippen molar-refractivity contribution in [3.05, 3.63) is 60.7 Å². The summed E-state index contributed by atoms with van der Waals surface area (Å²) in [6.07, 6.45) is -0.715. The lowest BCUT2D eigenvalue weighted by molar-refractivity contribution is 0.195. The van der Waals surface area contributed by atoms with Crippen LogP contribution in [0.2, 0.25) is 5.22 Å². The number of aliphatic hydroxyl groups excluding tert-OH is 1. The van der Waals surface area contributed by atoms with E-state index in [2.05, 4.69) is 9.55 Å². The molecular weight excluding hydrogens is 460 g/mol. The first-order valence-electron chi connectivity index (χ1n) is 9.62. The third kappa shape index (κ3) is 3.04. The van der Waals surface area contributed by atoms with E-state index < -0.39 is 11.8 Å². The number of nitrogens with zero attached hydrogens (tertiary/aromatic N) is 4. The van der Waals surface area contributed by atoms with E-state index in [1.165, 1.54) is 23.0 Å². The number of thiazole rings is 1. The lowest BCUT2D eigenvalue weighted by atomic mass is 10.2. The summed E-state index contributed by atoms with van der Waals surface area (Å²) in [6.45, 7) is 2.30. The van der Waals surface area contributed by atoms with Gasteiger partial charge < -0.3 is 14.1 Å². The molecule has 2 unspecified atom stereocenters. The second-order valence-corrected chi connectivity index (χ2v) is 9.90. The van der Waals surface area contributed by atoms with Crippen LogP contribution >= 0.6 is 34.7 Å². The van der Waals surface area contributed by atoms with E-state index >= 15 is 0 Å². The van der Waals surface area contributed by atoms with Gasteiger partial charge in [-0.1, -0.05) is 0 Å². The Morgan fingerprint density at radius 3 is 2.71 bits per heavy atom. The third-order valence-corrected chi connectivity index (χ3v) is 7.83. The average Bonchev–Trinajstić information content (AvgIpc) is 3.46. The topological polar surface area (TPSA) is 95.2 Å². The van der Waals surface area contributed by atoms with Crippen molar-refractivity contribution < 1.29 is 9.52 Å². The van der Waals surface area contributed by atoms with Crippen molar-refractivity contribution in [1.82, 2.24) is 18.7 Å². The summed E-state index contributed by atoms with van der Waals surface area (Å²) >= 11 is 9.08. The first-order chi connectivity index (χ1) is 14.8. The predicted octanol–water partition coefficient (Wildman–Crippen LogP) is 3.30. The van der Waals surface area contributed by atoms with Crippen LogP contribution in [0.3, 0.4) is 0 Å². The summed E-state index contributed by atoms with van der Waals surface area (Å²) in [4.78, 5) is 30.7. The molecule has 1 aliphatic heterocycles. The van der Waals surface area contributed by atoms with Gasteiger partial charge >= 0.3 is 5.69 Å². The van der Waals surface area contributed by atoms with Crippen LogP contribution in [-0.2, 0) is 20.6 Å². The summed E-state index contributed by atoms with van der Waals surface area (Å²) < 4.78 is 10.4. The maximum absolute atomic E-state index is 13.3. The first-order valence-corrected chi connectivity index (χ1v) is 11.9. The van der Waals surface area contributed by atoms with E-state index in [-0.39, 0.29) is 16.0 Å². The molecule has 0 fully saturated rings. The van der Waals surface area contributed by atoms with Gasteiger partial charge in [0.2, 0.25) is 0 Å². The van der Waals surface area contributed by atoms with Gasteiger partial charge in [-0.2, -0.15) is 0 Å². The summed E-state index contributed by atoms with van der Waals surface area (Å²) in [6, 6.07) is 3.51. The highest BCUT2D eigenvalue weighted by Gasteiger charge is 2.35. The molecule has 0 saturated carbocycles. The molecule has 8 nitrogen and oxygen atoms in total. The lowest BCUT2D eigenvalue weighted by Crippen LogP contribution is -2.37. The molecule has 5 heterocycles. The molecule has 0 bridgehead atoms. The van der Waals surface area contributed by atoms with Crippen LogP contribution in [0.4, 0.5) is 0 Å². The fraction of sp³-hybridized carbons (Fsp3) is 0.350. The third-order valence-electron chi connectivity index (χ3n) is 5.56. The first kappa shape index (κ1) is 20.6. The number of aliphatic hydroxyl groups is 1. The number of aromatic nitrogens is 4. The van der Waals surface area contributed by atoms with Crippen molar-refractivity contribution in [3.8, 4) is 10.7 Å². The Hall–Kier alpha value is -2.27. The van der Waals surface area contributed by atoms with Gasteiger partial charge in [0, 0.05) is 31.8 Å². The number of thioether (sulfide) groups is 1. The quantitative estimate of drug-likeness (QED) is 0.485. The maximum Gasteiger partial charge on any atom is 0.331 e. The summed E-state index contributed by atoms with van der Waals surface area (Å²) in [5.74, 6) is 1.45. The minimum absolute atomic E-state index is 0.230. The van der Waals surface area contributed by atoms with Gasteiger partial charge in [-0.25, -0.2) is 9.78 Å². The summed E-state index contributed by atoms with van der Waals surface area (Å²) in [5.41, 5.74) is 1.84. The van der Waals surface area contributed by atoms with Crippen molar-refractivity contribution in [2.45, 2.75) is 24.8 Å². The fourth-order valence-corrected chi connectivity index (χ4v) is 6.40. The summed E-state index contributed by atoms with van der Waals surface area (Å²) in [7, 11) is 3.15. The Balaban J connectivity index is 1.92. The Morgan fingerprint density at radius 2 is 2.06 bits per heavy atom. The minimum Gasteiger partial charge on any atom is -0.448 e. The molecule has 1 aliphatic rings. The monoisotopic (exact) mass is 478 g/mol. The van der Waals surface area contributed by atoms with Gasteiger partial charge in [0.15, 0.2) is 5.22 Å². The molecule has 31 heavy (non-hydrogen) atoms. The number of hydrogen-bond donors (Lipinski definition) is 1. The highest BCUT2D eigenvalue weighted by Crippen LogP contribution is 2.47. The maximum atomic E-state index is 13.3. The van der Waals surface area contributed by atoms with Crippen molar-refractivity contribution in [2.75, 3.05) is 5.75 Å². The van der Waals surface area contributed by atoms with Crippen LogP contribution in [-0.4, -0.2) is 29.5 Å². The molecule has 0 spiro atoms. The Labute approximate surface area is 189 Å². The molecule has 5 rings (SSSR count). The molecule has 0 aromatic carbocycles. The van der Waals surface area contributed by atoms with Crippen LogP contribution in [0.15, 0.2) is 31.5 Å². The zero-order valence-corrected chi connectivity index (χ0v) is 19.3.